The molecule has 162 valence electrons. The van der Waals surface area contributed by atoms with Crippen LogP contribution in [0.4, 0.5) is 10.5 Å². The fourth-order valence-electron chi connectivity index (χ4n) is 3.10. The number of aryl methyl sites for hydroxylation is 1. The second-order valence-electron chi connectivity index (χ2n) is 7.06. The van der Waals surface area contributed by atoms with Crippen LogP contribution < -0.4 is 9.64 Å². The van der Waals surface area contributed by atoms with E-state index >= 15 is 0 Å². The summed E-state index contributed by atoms with van der Waals surface area (Å²) in [6.45, 7) is 2.33. The molecule has 2 amide bonds. The van der Waals surface area contributed by atoms with Gasteiger partial charge in [0, 0.05) is 0 Å². The second-order valence-corrected chi connectivity index (χ2v) is 9.27. The van der Waals surface area contributed by atoms with Gasteiger partial charge in [-0.2, -0.15) is 0 Å². The highest BCUT2D eigenvalue weighted by atomic mass is 35.5. The fourth-order valence-corrected chi connectivity index (χ4v) is 4.77. The van der Waals surface area contributed by atoms with Crippen molar-refractivity contribution in [2.24, 2.45) is 0 Å². The van der Waals surface area contributed by atoms with Gasteiger partial charge in [0.1, 0.15) is 6.61 Å². The van der Waals surface area contributed by atoms with E-state index in [2.05, 4.69) is 0 Å². The van der Waals surface area contributed by atoms with Gasteiger partial charge in [0.15, 0.2) is 5.75 Å². The van der Waals surface area contributed by atoms with Crippen LogP contribution in [0.25, 0.3) is 6.08 Å². The molecule has 8 heteroatoms. The highest BCUT2D eigenvalue weighted by Gasteiger charge is 2.37. The number of carbonyl (C=O) groups is 2. The quantitative estimate of drug-likeness (QED) is 0.333. The van der Waals surface area contributed by atoms with Crippen molar-refractivity contribution in [2.75, 3.05) is 4.90 Å². The molecule has 0 bridgehead atoms. The molecule has 4 rings (SSSR count). The Kier molecular flexibility index (Phi) is 6.82. The van der Waals surface area contributed by atoms with Crippen molar-refractivity contribution in [1.82, 2.24) is 0 Å². The minimum absolute atomic E-state index is 0.246. The maximum atomic E-state index is 12.9. The van der Waals surface area contributed by atoms with E-state index in [0.717, 1.165) is 27.8 Å². The largest absolute Gasteiger partial charge is 0.486 e. The first-order valence-electron chi connectivity index (χ1n) is 9.53. The van der Waals surface area contributed by atoms with Crippen LogP contribution in [0.2, 0.25) is 15.1 Å². The molecule has 1 saturated heterocycles. The van der Waals surface area contributed by atoms with Gasteiger partial charge < -0.3 is 4.74 Å². The van der Waals surface area contributed by atoms with Crippen LogP contribution in [-0.4, -0.2) is 11.1 Å². The predicted molar refractivity (Wildman–Crippen MR) is 132 cm³/mol. The van der Waals surface area contributed by atoms with Crippen LogP contribution in [0, 0.1) is 6.92 Å². The Morgan fingerprint density at radius 2 is 1.59 bits per heavy atom. The number of benzene rings is 3. The second kappa shape index (κ2) is 9.59. The summed E-state index contributed by atoms with van der Waals surface area (Å²) in [5.74, 6) is -0.102. The Hall–Kier alpha value is -2.44. The minimum Gasteiger partial charge on any atom is -0.486 e. The molecule has 0 spiro atoms. The number of carbonyl (C=O) groups excluding carboxylic acids is 2. The zero-order chi connectivity index (χ0) is 22.8. The van der Waals surface area contributed by atoms with Crippen molar-refractivity contribution >= 4 is 69.5 Å². The lowest BCUT2D eigenvalue weighted by Gasteiger charge is -2.13. The standard InChI is InChI=1S/C24H16Cl3NO3S/c1-14-6-8-15(9-7-14)13-31-22-18(26)10-16(11-19(22)27)12-21-23(29)28(24(30)32-21)20-5-3-2-4-17(20)25/h2-12H,13H2,1H3/b21-12-. The van der Waals surface area contributed by atoms with E-state index in [-0.39, 0.29) is 4.91 Å². The summed E-state index contributed by atoms with van der Waals surface area (Å²) < 4.78 is 5.81. The maximum Gasteiger partial charge on any atom is 0.298 e. The molecule has 0 saturated carbocycles. The summed E-state index contributed by atoms with van der Waals surface area (Å²) in [4.78, 5) is 26.6. The van der Waals surface area contributed by atoms with Crippen LogP contribution >= 0.6 is 46.6 Å². The van der Waals surface area contributed by atoms with Crippen LogP contribution in [0.5, 0.6) is 5.75 Å². The number of hydrogen-bond acceptors (Lipinski definition) is 4. The lowest BCUT2D eigenvalue weighted by molar-refractivity contribution is -0.113. The molecule has 3 aromatic carbocycles. The molecule has 0 aromatic heterocycles. The summed E-state index contributed by atoms with van der Waals surface area (Å²) in [6, 6.07) is 17.9. The highest BCUT2D eigenvalue weighted by molar-refractivity contribution is 8.19. The first-order chi connectivity index (χ1) is 15.3. The van der Waals surface area contributed by atoms with E-state index in [1.165, 1.54) is 0 Å². The van der Waals surface area contributed by atoms with E-state index in [1.54, 1.807) is 42.5 Å². The maximum absolute atomic E-state index is 12.9. The lowest BCUT2D eigenvalue weighted by atomic mass is 10.1. The lowest BCUT2D eigenvalue weighted by Crippen LogP contribution is -2.27. The molecule has 0 radical (unpaired) electrons. The van der Waals surface area contributed by atoms with Crippen molar-refractivity contribution in [1.29, 1.82) is 0 Å². The molecule has 32 heavy (non-hydrogen) atoms. The van der Waals surface area contributed by atoms with Gasteiger partial charge in [-0.25, -0.2) is 4.90 Å². The molecule has 0 N–H and O–H groups in total. The summed E-state index contributed by atoms with van der Waals surface area (Å²) >= 11 is 19.8. The summed E-state index contributed by atoms with van der Waals surface area (Å²) in [6.07, 6.45) is 1.57. The molecule has 0 aliphatic carbocycles. The number of nitrogens with zero attached hydrogens (tertiary/aromatic N) is 1. The molecule has 0 atom stereocenters. The van der Waals surface area contributed by atoms with E-state index in [9.17, 15) is 9.59 Å². The third kappa shape index (κ3) is 4.81. The smallest absolute Gasteiger partial charge is 0.298 e. The molecule has 4 nitrogen and oxygen atoms in total. The van der Waals surface area contributed by atoms with Crippen LogP contribution in [-0.2, 0) is 11.4 Å². The van der Waals surface area contributed by atoms with Crippen LogP contribution in [0.3, 0.4) is 0 Å². The fraction of sp³-hybridized carbons (Fsp3) is 0.0833. The van der Waals surface area contributed by atoms with Gasteiger partial charge in [-0.05, 0) is 60.2 Å². The first-order valence-corrected chi connectivity index (χ1v) is 11.5. The van der Waals surface area contributed by atoms with Gasteiger partial charge in [-0.1, -0.05) is 76.8 Å². The molecule has 1 aliphatic rings. The Morgan fingerprint density at radius 1 is 0.938 bits per heavy atom. The highest BCUT2D eigenvalue weighted by Crippen LogP contribution is 2.40. The number of rotatable bonds is 5. The van der Waals surface area contributed by atoms with Crippen molar-refractivity contribution in [3.63, 3.8) is 0 Å². The zero-order valence-electron chi connectivity index (χ0n) is 16.8. The first kappa shape index (κ1) is 22.7. The van der Waals surface area contributed by atoms with Crippen molar-refractivity contribution < 1.29 is 14.3 Å². The number of amides is 2. The molecular weight excluding hydrogens is 489 g/mol. The van der Waals surface area contributed by atoms with Crippen LogP contribution in [0.15, 0.2) is 65.6 Å². The zero-order valence-corrected chi connectivity index (χ0v) is 19.9. The van der Waals surface area contributed by atoms with Gasteiger partial charge in [-0.15, -0.1) is 0 Å². The monoisotopic (exact) mass is 503 g/mol. The average Bonchev–Trinajstić information content (AvgIpc) is 3.02. The molecular formula is C24H16Cl3NO3S. The van der Waals surface area contributed by atoms with Gasteiger partial charge in [0.2, 0.25) is 0 Å². The summed E-state index contributed by atoms with van der Waals surface area (Å²) in [5, 5.41) is 0.504. The minimum atomic E-state index is -0.458. The summed E-state index contributed by atoms with van der Waals surface area (Å²) in [5.41, 5.74) is 3.07. The number of ether oxygens (including phenoxy) is 1. The number of thioether (sulfide) groups is 1. The molecule has 3 aromatic rings. The third-order valence-electron chi connectivity index (χ3n) is 4.71. The Bertz CT molecular complexity index is 1220. The van der Waals surface area contributed by atoms with E-state index < -0.39 is 11.1 Å². The normalized spacial score (nSPS) is 15.0. The number of hydrogen-bond donors (Lipinski definition) is 0. The summed E-state index contributed by atoms with van der Waals surface area (Å²) in [7, 11) is 0. The Morgan fingerprint density at radius 3 is 2.25 bits per heavy atom. The average molecular weight is 505 g/mol. The molecule has 1 fully saturated rings. The SMILES string of the molecule is Cc1ccc(COc2c(Cl)cc(/C=C3\SC(=O)N(c4ccccc4Cl)C3=O)cc2Cl)cc1. The van der Waals surface area contributed by atoms with Gasteiger partial charge in [0.05, 0.1) is 25.7 Å². The Labute approximate surface area is 204 Å². The van der Waals surface area contributed by atoms with Crippen molar-refractivity contribution in [2.45, 2.75) is 13.5 Å². The topological polar surface area (TPSA) is 46.6 Å². The number of para-hydroxylation sites is 1. The number of anilines is 1. The van der Waals surface area contributed by atoms with Crippen molar-refractivity contribution in [3.05, 3.63) is 97.3 Å². The third-order valence-corrected chi connectivity index (χ3v) is 6.46. The van der Waals surface area contributed by atoms with Crippen molar-refractivity contribution in [3.8, 4) is 5.75 Å². The van der Waals surface area contributed by atoms with Gasteiger partial charge in [-0.3, -0.25) is 9.59 Å². The number of halogens is 3. The predicted octanol–water partition coefficient (Wildman–Crippen LogP) is 7.78. The van der Waals surface area contributed by atoms with E-state index in [1.807, 2.05) is 31.2 Å². The Balaban J connectivity index is 1.55. The molecule has 1 heterocycles. The van der Waals surface area contributed by atoms with E-state index in [4.69, 9.17) is 39.5 Å². The number of imide groups is 1. The van der Waals surface area contributed by atoms with Gasteiger partial charge in [0.25, 0.3) is 11.1 Å². The van der Waals surface area contributed by atoms with Gasteiger partial charge >= 0.3 is 0 Å². The van der Waals surface area contributed by atoms with E-state index in [0.29, 0.717) is 38.7 Å². The molecule has 1 aliphatic heterocycles. The molecule has 0 unspecified atom stereocenters. The van der Waals surface area contributed by atoms with Crippen LogP contribution in [0.1, 0.15) is 16.7 Å².